The fraction of sp³-hybridized carbons (Fsp3) is 0.667. The van der Waals surface area contributed by atoms with Crippen LogP contribution in [-0.4, -0.2) is 10.1 Å². The molecule has 0 atom stereocenters. The highest BCUT2D eigenvalue weighted by Crippen LogP contribution is 2.25. The molecule has 0 aromatic carbocycles. The first-order chi connectivity index (χ1) is 7.60. The van der Waals surface area contributed by atoms with Crippen molar-refractivity contribution in [1.82, 2.24) is 4.98 Å². The van der Waals surface area contributed by atoms with E-state index >= 15 is 0 Å². The van der Waals surface area contributed by atoms with Crippen molar-refractivity contribution in [3.05, 3.63) is 29.1 Å². The summed E-state index contributed by atoms with van der Waals surface area (Å²) in [7, 11) is 0. The molecule has 0 bridgehead atoms. The van der Waals surface area contributed by atoms with Crippen LogP contribution >= 0.6 is 0 Å². The molecular weight excluding hydrogens is 210 g/mol. The number of aryl methyl sites for hydroxylation is 1. The van der Waals surface area contributed by atoms with Crippen molar-refractivity contribution in [2.75, 3.05) is 0 Å². The van der Waals surface area contributed by atoms with Gasteiger partial charge in [0, 0.05) is 11.1 Å². The Hall–Kier alpha value is -0.890. The van der Waals surface area contributed by atoms with E-state index in [9.17, 15) is 5.11 Å². The minimum Gasteiger partial charge on any atom is -0.384 e. The van der Waals surface area contributed by atoms with Gasteiger partial charge in [-0.25, -0.2) is 0 Å². The van der Waals surface area contributed by atoms with Gasteiger partial charge in [-0.3, -0.25) is 4.98 Å². The fourth-order valence-electron chi connectivity index (χ4n) is 1.36. The quantitative estimate of drug-likeness (QED) is 0.802. The zero-order chi connectivity index (χ0) is 13.9. The van der Waals surface area contributed by atoms with E-state index in [4.69, 9.17) is 0 Å². The molecule has 98 valence electrons. The lowest BCUT2D eigenvalue weighted by molar-refractivity contribution is 0.0733. The minimum atomic E-state index is -0.869. The topological polar surface area (TPSA) is 33.1 Å². The van der Waals surface area contributed by atoms with Gasteiger partial charge < -0.3 is 5.11 Å². The number of rotatable bonds is 1. The number of aliphatic hydroxyl groups is 1. The summed E-state index contributed by atoms with van der Waals surface area (Å²) in [6.45, 7) is 15.9. The third-order valence-corrected chi connectivity index (χ3v) is 2.36. The molecule has 0 aliphatic rings. The van der Waals surface area contributed by atoms with Gasteiger partial charge >= 0.3 is 0 Å². The van der Waals surface area contributed by atoms with E-state index in [0.29, 0.717) is 0 Å². The van der Waals surface area contributed by atoms with Gasteiger partial charge in [-0.15, -0.1) is 0 Å². The lowest BCUT2D eigenvalue weighted by atomic mass is 9.89. The fourth-order valence-corrected chi connectivity index (χ4v) is 1.36. The molecule has 0 aliphatic heterocycles. The second-order valence-corrected chi connectivity index (χ2v) is 5.72. The maximum Gasteiger partial charge on any atom is 0.101 e. The molecule has 0 amide bonds. The Labute approximate surface area is 106 Å². The Bertz CT molecular complexity index is 324. The van der Waals surface area contributed by atoms with Crippen LogP contribution in [0, 0.1) is 6.92 Å². The van der Waals surface area contributed by atoms with E-state index in [-0.39, 0.29) is 5.41 Å². The van der Waals surface area contributed by atoms with Crippen LogP contribution in [0.4, 0.5) is 0 Å². The number of hydrogen-bond acceptors (Lipinski definition) is 2. The van der Waals surface area contributed by atoms with Gasteiger partial charge in [-0.1, -0.05) is 34.6 Å². The Balaban J connectivity index is 0.00000121. The lowest BCUT2D eigenvalue weighted by Gasteiger charge is -2.23. The van der Waals surface area contributed by atoms with Crippen molar-refractivity contribution in [3.8, 4) is 0 Å². The molecule has 1 aromatic rings. The second-order valence-electron chi connectivity index (χ2n) is 5.72. The summed E-state index contributed by atoms with van der Waals surface area (Å²) in [5.41, 5.74) is 2.07. The molecule has 1 aromatic heterocycles. The Morgan fingerprint density at radius 2 is 1.35 bits per heavy atom. The summed E-state index contributed by atoms with van der Waals surface area (Å²) in [6, 6.07) is 4.02. The number of aromatic nitrogens is 1. The number of nitrogens with zero attached hydrogens (tertiary/aromatic N) is 1. The SMILES string of the molecule is CC.Cc1cc(C(C)(C)C)nc(C(C)(C)O)c1. The number of hydrogen-bond donors (Lipinski definition) is 1. The summed E-state index contributed by atoms with van der Waals surface area (Å²) in [6.07, 6.45) is 0. The largest absolute Gasteiger partial charge is 0.384 e. The smallest absolute Gasteiger partial charge is 0.101 e. The molecule has 0 fully saturated rings. The summed E-state index contributed by atoms with van der Waals surface area (Å²) < 4.78 is 0. The first kappa shape index (κ1) is 16.1. The molecule has 0 unspecified atom stereocenters. The Morgan fingerprint density at radius 3 is 1.71 bits per heavy atom. The molecule has 1 rings (SSSR count). The van der Waals surface area contributed by atoms with Gasteiger partial charge in [0.1, 0.15) is 5.60 Å². The highest BCUT2D eigenvalue weighted by atomic mass is 16.3. The molecule has 2 heteroatoms. The van der Waals surface area contributed by atoms with Crippen LogP contribution in [0.25, 0.3) is 0 Å². The molecule has 0 spiro atoms. The predicted octanol–water partition coefficient (Wildman–Crippen LogP) is 3.94. The van der Waals surface area contributed by atoms with Crippen molar-refractivity contribution < 1.29 is 5.11 Å². The van der Waals surface area contributed by atoms with Crippen LogP contribution in [0.3, 0.4) is 0 Å². The average Bonchev–Trinajstić information content (AvgIpc) is 2.17. The molecule has 1 heterocycles. The molecule has 17 heavy (non-hydrogen) atoms. The molecule has 0 saturated heterocycles. The van der Waals surface area contributed by atoms with Crippen molar-refractivity contribution in [2.45, 2.75) is 66.4 Å². The van der Waals surface area contributed by atoms with Crippen LogP contribution < -0.4 is 0 Å². The van der Waals surface area contributed by atoms with Crippen molar-refractivity contribution in [1.29, 1.82) is 0 Å². The standard InChI is InChI=1S/C13H21NO.C2H6/c1-9-7-10(12(2,3)4)14-11(8-9)13(5,6)15;1-2/h7-8,15H,1-6H3;1-2H3. The third-order valence-electron chi connectivity index (χ3n) is 2.36. The van der Waals surface area contributed by atoms with Crippen molar-refractivity contribution in [2.24, 2.45) is 0 Å². The highest BCUT2D eigenvalue weighted by Gasteiger charge is 2.22. The van der Waals surface area contributed by atoms with Gasteiger partial charge in [0.15, 0.2) is 0 Å². The molecular formula is C15H27NO. The van der Waals surface area contributed by atoms with E-state index < -0.39 is 5.60 Å². The molecule has 2 nitrogen and oxygen atoms in total. The zero-order valence-electron chi connectivity index (χ0n) is 12.5. The van der Waals surface area contributed by atoms with Crippen LogP contribution in [0.5, 0.6) is 0 Å². The van der Waals surface area contributed by atoms with E-state index in [1.54, 1.807) is 13.8 Å². The molecule has 1 N–H and O–H groups in total. The van der Waals surface area contributed by atoms with Crippen LogP contribution in [0.1, 0.15) is 65.4 Å². The van der Waals surface area contributed by atoms with E-state index in [0.717, 1.165) is 17.0 Å². The van der Waals surface area contributed by atoms with Gasteiger partial charge in [0.2, 0.25) is 0 Å². The van der Waals surface area contributed by atoms with E-state index in [1.165, 1.54) is 0 Å². The van der Waals surface area contributed by atoms with Crippen LogP contribution in [0.2, 0.25) is 0 Å². The van der Waals surface area contributed by atoms with Crippen molar-refractivity contribution in [3.63, 3.8) is 0 Å². The Morgan fingerprint density at radius 1 is 0.941 bits per heavy atom. The number of pyridine rings is 1. The van der Waals surface area contributed by atoms with Gasteiger partial charge in [0.25, 0.3) is 0 Å². The molecule has 0 saturated carbocycles. The second kappa shape index (κ2) is 5.63. The highest BCUT2D eigenvalue weighted by molar-refractivity contribution is 5.26. The summed E-state index contributed by atoms with van der Waals surface area (Å²) in [4.78, 5) is 4.53. The molecule has 0 aliphatic carbocycles. The zero-order valence-corrected chi connectivity index (χ0v) is 12.5. The first-order valence-corrected chi connectivity index (χ1v) is 6.33. The van der Waals surface area contributed by atoms with Gasteiger partial charge in [0.05, 0.1) is 5.69 Å². The van der Waals surface area contributed by atoms with Crippen LogP contribution in [0.15, 0.2) is 12.1 Å². The Kier molecular flexibility index (Phi) is 5.34. The summed E-state index contributed by atoms with van der Waals surface area (Å²) in [5, 5.41) is 9.94. The normalized spacial score (nSPS) is 11.8. The average molecular weight is 237 g/mol. The summed E-state index contributed by atoms with van der Waals surface area (Å²) >= 11 is 0. The monoisotopic (exact) mass is 237 g/mol. The van der Waals surface area contributed by atoms with Gasteiger partial charge in [-0.2, -0.15) is 0 Å². The third kappa shape index (κ3) is 4.86. The van der Waals surface area contributed by atoms with Crippen LogP contribution in [-0.2, 0) is 11.0 Å². The van der Waals surface area contributed by atoms with Gasteiger partial charge in [-0.05, 0) is 38.5 Å². The summed E-state index contributed by atoms with van der Waals surface area (Å²) in [5.74, 6) is 0. The maximum absolute atomic E-state index is 9.94. The maximum atomic E-state index is 9.94. The minimum absolute atomic E-state index is 0.0199. The molecule has 0 radical (unpaired) electrons. The lowest BCUT2D eigenvalue weighted by Crippen LogP contribution is -2.22. The first-order valence-electron chi connectivity index (χ1n) is 6.33. The van der Waals surface area contributed by atoms with E-state index in [1.807, 2.05) is 26.8 Å². The predicted molar refractivity (Wildman–Crippen MR) is 74.3 cm³/mol. The van der Waals surface area contributed by atoms with Crippen molar-refractivity contribution >= 4 is 0 Å². The van der Waals surface area contributed by atoms with E-state index in [2.05, 4.69) is 31.8 Å².